The van der Waals surface area contributed by atoms with Gasteiger partial charge in [-0.25, -0.2) is 0 Å². The van der Waals surface area contributed by atoms with Crippen molar-refractivity contribution in [3.63, 3.8) is 0 Å². The van der Waals surface area contributed by atoms with Gasteiger partial charge >= 0.3 is 0 Å². The molecule has 20 heavy (non-hydrogen) atoms. The number of benzene rings is 1. The molecule has 4 heteroatoms. The molecule has 0 saturated carbocycles. The minimum absolute atomic E-state index is 0.168. The number of hydrogen-bond donors (Lipinski definition) is 1. The van der Waals surface area contributed by atoms with Gasteiger partial charge < -0.3 is 14.4 Å². The zero-order valence-corrected chi connectivity index (χ0v) is 12.2. The standard InChI is InChI=1S/C16H22N2O2/c1-17-9-12(10-18-7-3-4-13(19)11-18)15-6-5-14(20-2)8-16(15)17/h5-6,8-9,13,19H,3-4,7,10-11H2,1-2H3/t13-/m1/s1. The Balaban J connectivity index is 1.88. The van der Waals surface area contributed by atoms with Gasteiger partial charge in [-0.2, -0.15) is 0 Å². The van der Waals surface area contributed by atoms with Gasteiger partial charge in [-0.05, 0) is 37.1 Å². The Morgan fingerprint density at radius 3 is 3.00 bits per heavy atom. The van der Waals surface area contributed by atoms with E-state index in [1.54, 1.807) is 7.11 Å². The summed E-state index contributed by atoms with van der Waals surface area (Å²) >= 11 is 0. The molecule has 0 bridgehead atoms. The van der Waals surface area contributed by atoms with Crippen LogP contribution in [0.4, 0.5) is 0 Å². The monoisotopic (exact) mass is 274 g/mol. The molecule has 4 nitrogen and oxygen atoms in total. The quantitative estimate of drug-likeness (QED) is 0.932. The first kappa shape index (κ1) is 13.5. The molecule has 2 aromatic rings. The fourth-order valence-corrected chi connectivity index (χ4v) is 3.12. The van der Waals surface area contributed by atoms with Gasteiger partial charge in [-0.15, -0.1) is 0 Å². The summed E-state index contributed by atoms with van der Waals surface area (Å²) in [5, 5.41) is 11.1. The van der Waals surface area contributed by atoms with E-state index in [0.29, 0.717) is 0 Å². The normalized spacial score (nSPS) is 20.4. The highest BCUT2D eigenvalue weighted by atomic mass is 16.5. The molecule has 1 saturated heterocycles. The van der Waals surface area contributed by atoms with Crippen LogP contribution < -0.4 is 4.74 Å². The van der Waals surface area contributed by atoms with Gasteiger partial charge in [0, 0.05) is 37.8 Å². The minimum Gasteiger partial charge on any atom is -0.497 e. The first-order valence-corrected chi connectivity index (χ1v) is 7.20. The summed E-state index contributed by atoms with van der Waals surface area (Å²) < 4.78 is 7.44. The molecular formula is C16H22N2O2. The number of likely N-dealkylation sites (tertiary alicyclic amines) is 1. The van der Waals surface area contributed by atoms with Crippen LogP contribution in [0.1, 0.15) is 18.4 Å². The van der Waals surface area contributed by atoms with Gasteiger partial charge in [0.15, 0.2) is 0 Å². The molecule has 1 N–H and O–H groups in total. The van der Waals surface area contributed by atoms with Crippen LogP contribution in [0.25, 0.3) is 10.9 Å². The number of aryl methyl sites for hydroxylation is 1. The van der Waals surface area contributed by atoms with Crippen LogP contribution in [-0.4, -0.2) is 40.9 Å². The van der Waals surface area contributed by atoms with Crippen LogP contribution in [0.5, 0.6) is 5.75 Å². The fourth-order valence-electron chi connectivity index (χ4n) is 3.12. The van der Waals surface area contributed by atoms with Crippen molar-refractivity contribution in [1.82, 2.24) is 9.47 Å². The predicted molar refractivity (Wildman–Crippen MR) is 80.0 cm³/mol. The summed E-state index contributed by atoms with van der Waals surface area (Å²) in [7, 11) is 3.76. The van der Waals surface area contributed by atoms with Crippen LogP contribution in [0, 0.1) is 0 Å². The first-order chi connectivity index (χ1) is 9.67. The number of nitrogens with zero attached hydrogens (tertiary/aromatic N) is 2. The number of aliphatic hydroxyl groups excluding tert-OH is 1. The molecule has 1 atom stereocenters. The molecule has 108 valence electrons. The van der Waals surface area contributed by atoms with Crippen LogP contribution in [0.3, 0.4) is 0 Å². The smallest absolute Gasteiger partial charge is 0.120 e. The van der Waals surface area contributed by atoms with Crippen molar-refractivity contribution in [2.45, 2.75) is 25.5 Å². The van der Waals surface area contributed by atoms with Crippen molar-refractivity contribution >= 4 is 10.9 Å². The molecule has 0 spiro atoms. The summed E-state index contributed by atoms with van der Waals surface area (Å²) in [6.07, 6.45) is 4.03. The summed E-state index contributed by atoms with van der Waals surface area (Å²) in [6, 6.07) is 6.21. The lowest BCUT2D eigenvalue weighted by molar-refractivity contribution is 0.0670. The molecule has 0 amide bonds. The van der Waals surface area contributed by atoms with Gasteiger partial charge in [0.25, 0.3) is 0 Å². The second-order valence-electron chi connectivity index (χ2n) is 5.68. The molecule has 1 fully saturated rings. The average molecular weight is 274 g/mol. The van der Waals surface area contributed by atoms with Crippen molar-refractivity contribution in [3.05, 3.63) is 30.0 Å². The Kier molecular flexibility index (Phi) is 3.68. The van der Waals surface area contributed by atoms with E-state index in [-0.39, 0.29) is 6.10 Å². The Bertz CT molecular complexity index is 606. The highest BCUT2D eigenvalue weighted by Crippen LogP contribution is 2.26. The molecule has 3 rings (SSSR count). The topological polar surface area (TPSA) is 37.6 Å². The number of ether oxygens (including phenoxy) is 1. The Morgan fingerprint density at radius 1 is 1.40 bits per heavy atom. The van der Waals surface area contributed by atoms with Gasteiger partial charge in [0.2, 0.25) is 0 Å². The van der Waals surface area contributed by atoms with Crippen LogP contribution in [-0.2, 0) is 13.6 Å². The van der Waals surface area contributed by atoms with Crippen molar-refractivity contribution in [2.75, 3.05) is 20.2 Å². The third kappa shape index (κ3) is 2.53. The van der Waals surface area contributed by atoms with Crippen molar-refractivity contribution in [2.24, 2.45) is 7.05 Å². The summed E-state index contributed by atoms with van der Waals surface area (Å²) in [4.78, 5) is 2.34. The number of aliphatic hydroxyl groups is 1. The SMILES string of the molecule is COc1ccc2c(CN3CCC[C@@H](O)C3)cn(C)c2c1. The first-order valence-electron chi connectivity index (χ1n) is 7.20. The van der Waals surface area contributed by atoms with Crippen LogP contribution >= 0.6 is 0 Å². The Morgan fingerprint density at radius 2 is 2.25 bits per heavy atom. The molecule has 1 aliphatic rings. The molecule has 0 unspecified atom stereocenters. The summed E-state index contributed by atoms with van der Waals surface area (Å²) in [5.41, 5.74) is 2.51. The lowest BCUT2D eigenvalue weighted by Gasteiger charge is -2.29. The molecule has 2 heterocycles. The Labute approximate surface area is 119 Å². The van der Waals surface area contributed by atoms with Crippen LogP contribution in [0.2, 0.25) is 0 Å². The lowest BCUT2D eigenvalue weighted by atomic mass is 10.1. The van der Waals surface area contributed by atoms with E-state index in [1.165, 1.54) is 16.5 Å². The lowest BCUT2D eigenvalue weighted by Crippen LogP contribution is -2.37. The number of rotatable bonds is 3. The number of β-amino-alcohol motifs (C(OH)–C–C–N with tert-alkyl or cyclic N) is 1. The molecule has 0 radical (unpaired) electrons. The van der Waals surface area contributed by atoms with E-state index in [1.807, 2.05) is 6.07 Å². The van der Waals surface area contributed by atoms with E-state index in [2.05, 4.69) is 34.8 Å². The molecule has 1 aromatic heterocycles. The summed E-state index contributed by atoms with van der Waals surface area (Å²) in [5.74, 6) is 0.888. The van der Waals surface area contributed by atoms with Crippen molar-refractivity contribution in [1.29, 1.82) is 0 Å². The highest BCUT2D eigenvalue weighted by Gasteiger charge is 2.19. The number of fused-ring (bicyclic) bond motifs is 1. The van der Waals surface area contributed by atoms with Crippen molar-refractivity contribution in [3.8, 4) is 5.75 Å². The highest BCUT2D eigenvalue weighted by molar-refractivity contribution is 5.85. The third-order valence-electron chi connectivity index (χ3n) is 4.15. The maximum absolute atomic E-state index is 9.78. The van der Waals surface area contributed by atoms with Gasteiger partial charge in [0.05, 0.1) is 18.7 Å². The van der Waals surface area contributed by atoms with Crippen molar-refractivity contribution < 1.29 is 9.84 Å². The summed E-state index contributed by atoms with van der Waals surface area (Å²) in [6.45, 7) is 2.76. The molecule has 1 aliphatic heterocycles. The molecule has 1 aromatic carbocycles. The second kappa shape index (κ2) is 5.46. The zero-order chi connectivity index (χ0) is 14.1. The maximum Gasteiger partial charge on any atom is 0.120 e. The number of aromatic nitrogens is 1. The van der Waals surface area contributed by atoms with E-state index >= 15 is 0 Å². The zero-order valence-electron chi connectivity index (χ0n) is 12.2. The van der Waals surface area contributed by atoms with E-state index in [9.17, 15) is 5.11 Å². The largest absolute Gasteiger partial charge is 0.497 e. The molecular weight excluding hydrogens is 252 g/mol. The van der Waals surface area contributed by atoms with Crippen LogP contribution in [0.15, 0.2) is 24.4 Å². The van der Waals surface area contributed by atoms with E-state index < -0.39 is 0 Å². The van der Waals surface area contributed by atoms with E-state index in [0.717, 1.165) is 38.2 Å². The number of hydrogen-bond acceptors (Lipinski definition) is 3. The van der Waals surface area contributed by atoms with E-state index in [4.69, 9.17) is 4.74 Å². The van der Waals surface area contributed by atoms with Gasteiger partial charge in [-0.1, -0.05) is 0 Å². The Hall–Kier alpha value is -1.52. The predicted octanol–water partition coefficient (Wildman–Crippen LogP) is 2.14. The second-order valence-corrected chi connectivity index (χ2v) is 5.68. The maximum atomic E-state index is 9.78. The average Bonchev–Trinajstić information content (AvgIpc) is 2.75. The molecule has 0 aliphatic carbocycles. The van der Waals surface area contributed by atoms with Gasteiger partial charge in [0.1, 0.15) is 5.75 Å². The van der Waals surface area contributed by atoms with Gasteiger partial charge in [-0.3, -0.25) is 4.90 Å². The number of methoxy groups -OCH3 is 1. The minimum atomic E-state index is -0.168. The number of piperidine rings is 1. The fraction of sp³-hybridized carbons (Fsp3) is 0.500. The third-order valence-corrected chi connectivity index (χ3v) is 4.15.